The van der Waals surface area contributed by atoms with E-state index in [-0.39, 0.29) is 5.97 Å². The van der Waals surface area contributed by atoms with Gasteiger partial charge in [0.1, 0.15) is 0 Å². The SMILES string of the molecule is [CH2]C[CH]CC(=O)OC. The number of methoxy groups -OCH3 is 1. The number of carbonyl (C=O) groups is 1. The van der Waals surface area contributed by atoms with E-state index < -0.39 is 0 Å². The Bertz CT molecular complexity index is 68.9. The van der Waals surface area contributed by atoms with Crippen molar-refractivity contribution in [2.75, 3.05) is 7.11 Å². The highest BCUT2D eigenvalue weighted by molar-refractivity contribution is 5.70. The molecular formula is C6H10O2. The van der Waals surface area contributed by atoms with Crippen molar-refractivity contribution in [2.45, 2.75) is 12.8 Å². The molecule has 0 spiro atoms. The Kier molecular flexibility index (Phi) is 4.32. The molecule has 2 nitrogen and oxygen atoms in total. The molecule has 0 aromatic rings. The zero-order valence-corrected chi connectivity index (χ0v) is 5.02. The van der Waals surface area contributed by atoms with Crippen molar-refractivity contribution in [3.05, 3.63) is 13.3 Å². The third-order valence-electron chi connectivity index (χ3n) is 0.743. The first-order chi connectivity index (χ1) is 3.81. The van der Waals surface area contributed by atoms with Gasteiger partial charge in [-0.3, -0.25) is 4.79 Å². The maximum atomic E-state index is 10.3. The predicted octanol–water partition coefficient (Wildman–Crippen LogP) is 0.978. The van der Waals surface area contributed by atoms with Gasteiger partial charge in [0.25, 0.3) is 0 Å². The lowest BCUT2D eigenvalue weighted by atomic mass is 10.3. The van der Waals surface area contributed by atoms with Crippen LogP contribution >= 0.6 is 0 Å². The molecule has 0 rings (SSSR count). The molecule has 0 unspecified atom stereocenters. The van der Waals surface area contributed by atoms with Gasteiger partial charge in [-0.15, -0.1) is 0 Å². The number of carbonyl (C=O) groups excluding carboxylic acids is 1. The summed E-state index contributed by atoms with van der Waals surface area (Å²) in [5.41, 5.74) is 0. The third kappa shape index (κ3) is 3.65. The van der Waals surface area contributed by atoms with Crippen LogP contribution in [0.15, 0.2) is 0 Å². The van der Waals surface area contributed by atoms with Crippen molar-refractivity contribution < 1.29 is 9.53 Å². The second-order valence-electron chi connectivity index (χ2n) is 1.36. The van der Waals surface area contributed by atoms with E-state index in [4.69, 9.17) is 0 Å². The minimum absolute atomic E-state index is 0.200. The molecule has 0 aromatic carbocycles. The number of rotatable bonds is 3. The average molecular weight is 114 g/mol. The second-order valence-corrected chi connectivity index (χ2v) is 1.36. The van der Waals surface area contributed by atoms with Gasteiger partial charge in [-0.2, -0.15) is 0 Å². The lowest BCUT2D eigenvalue weighted by Crippen LogP contribution is -1.98. The largest absolute Gasteiger partial charge is 0.469 e. The van der Waals surface area contributed by atoms with Gasteiger partial charge in [0.05, 0.1) is 7.11 Å². The van der Waals surface area contributed by atoms with Crippen LogP contribution in [0.25, 0.3) is 0 Å². The van der Waals surface area contributed by atoms with Crippen molar-refractivity contribution in [1.82, 2.24) is 0 Å². The van der Waals surface area contributed by atoms with Crippen LogP contribution in [0.2, 0.25) is 0 Å². The molecule has 0 fully saturated rings. The standard InChI is InChI=1S/C6H10O2/c1-3-4-5-6(7)8-2/h4H,1,3,5H2,2H3. The minimum atomic E-state index is -0.200. The first-order valence-corrected chi connectivity index (χ1v) is 2.49. The number of ether oxygens (including phenoxy) is 1. The van der Waals surface area contributed by atoms with Gasteiger partial charge in [-0.1, -0.05) is 6.92 Å². The Labute approximate surface area is 49.8 Å². The highest BCUT2D eigenvalue weighted by Crippen LogP contribution is 1.92. The summed E-state index contributed by atoms with van der Waals surface area (Å²) in [5.74, 6) is -0.200. The van der Waals surface area contributed by atoms with Gasteiger partial charge in [-0.05, 0) is 12.8 Å². The van der Waals surface area contributed by atoms with E-state index in [0.29, 0.717) is 12.8 Å². The van der Waals surface area contributed by atoms with Crippen LogP contribution in [0, 0.1) is 13.3 Å². The maximum absolute atomic E-state index is 10.3. The Balaban J connectivity index is 2.99. The van der Waals surface area contributed by atoms with Crippen LogP contribution in [0.1, 0.15) is 12.8 Å². The van der Waals surface area contributed by atoms with Gasteiger partial charge < -0.3 is 4.74 Å². The molecule has 46 valence electrons. The van der Waals surface area contributed by atoms with Gasteiger partial charge in [-0.25, -0.2) is 0 Å². The molecule has 0 atom stereocenters. The summed E-state index contributed by atoms with van der Waals surface area (Å²) in [7, 11) is 1.37. The molecule has 2 radical (unpaired) electrons. The number of hydrogen-bond donors (Lipinski definition) is 0. The summed E-state index contributed by atoms with van der Waals surface area (Å²) < 4.78 is 4.35. The van der Waals surface area contributed by atoms with E-state index in [0.717, 1.165) is 0 Å². The Hall–Kier alpha value is -0.530. The summed E-state index contributed by atoms with van der Waals surface area (Å²) in [4.78, 5) is 10.3. The van der Waals surface area contributed by atoms with Crippen molar-refractivity contribution in [3.63, 3.8) is 0 Å². The van der Waals surface area contributed by atoms with Crippen LogP contribution < -0.4 is 0 Å². The fourth-order valence-corrected chi connectivity index (χ4v) is 0.303. The van der Waals surface area contributed by atoms with E-state index in [1.807, 2.05) is 0 Å². The van der Waals surface area contributed by atoms with Crippen molar-refractivity contribution in [1.29, 1.82) is 0 Å². The molecule has 0 aliphatic heterocycles. The molecule has 0 bridgehead atoms. The van der Waals surface area contributed by atoms with Crippen LogP contribution in [-0.4, -0.2) is 13.1 Å². The fourth-order valence-electron chi connectivity index (χ4n) is 0.303. The summed E-state index contributed by atoms with van der Waals surface area (Å²) in [5, 5.41) is 0. The Morgan fingerprint density at radius 2 is 2.50 bits per heavy atom. The van der Waals surface area contributed by atoms with Crippen LogP contribution in [0.5, 0.6) is 0 Å². The molecule has 0 aromatic heterocycles. The summed E-state index contributed by atoms with van der Waals surface area (Å²) in [6.45, 7) is 3.53. The molecule has 0 aliphatic carbocycles. The van der Waals surface area contributed by atoms with Crippen molar-refractivity contribution in [2.24, 2.45) is 0 Å². The average Bonchev–Trinajstić information content (AvgIpc) is 1.83. The van der Waals surface area contributed by atoms with Gasteiger partial charge in [0.15, 0.2) is 0 Å². The number of hydrogen-bond acceptors (Lipinski definition) is 2. The van der Waals surface area contributed by atoms with Gasteiger partial charge >= 0.3 is 5.97 Å². The minimum Gasteiger partial charge on any atom is -0.469 e. The molecule has 0 heterocycles. The third-order valence-corrected chi connectivity index (χ3v) is 0.743. The van der Waals surface area contributed by atoms with E-state index in [1.54, 1.807) is 6.42 Å². The topological polar surface area (TPSA) is 26.3 Å². The molecule has 8 heavy (non-hydrogen) atoms. The molecule has 0 amide bonds. The Morgan fingerprint density at radius 1 is 1.88 bits per heavy atom. The molecule has 0 aliphatic rings. The smallest absolute Gasteiger partial charge is 0.305 e. The monoisotopic (exact) mass is 114 g/mol. The first kappa shape index (κ1) is 7.47. The summed E-state index contributed by atoms with van der Waals surface area (Å²) >= 11 is 0. The molecular weight excluding hydrogens is 104 g/mol. The normalized spacial score (nSPS) is 8.75. The maximum Gasteiger partial charge on any atom is 0.305 e. The van der Waals surface area contributed by atoms with Crippen LogP contribution in [0.3, 0.4) is 0 Å². The number of unbranched alkanes of at least 4 members (excludes halogenated alkanes) is 1. The highest BCUT2D eigenvalue weighted by Gasteiger charge is 1.95. The van der Waals surface area contributed by atoms with Crippen molar-refractivity contribution >= 4 is 5.97 Å². The highest BCUT2D eigenvalue weighted by atomic mass is 16.5. The first-order valence-electron chi connectivity index (χ1n) is 2.49. The quantitative estimate of drug-likeness (QED) is 0.511. The van der Waals surface area contributed by atoms with Gasteiger partial charge in [0, 0.05) is 6.42 Å². The summed E-state index contributed by atoms with van der Waals surface area (Å²) in [6, 6.07) is 0. The lowest BCUT2D eigenvalue weighted by molar-refractivity contribution is -0.139. The van der Waals surface area contributed by atoms with E-state index in [2.05, 4.69) is 11.7 Å². The van der Waals surface area contributed by atoms with E-state index in [9.17, 15) is 4.79 Å². The van der Waals surface area contributed by atoms with Gasteiger partial charge in [0.2, 0.25) is 0 Å². The second kappa shape index (κ2) is 4.62. The zero-order chi connectivity index (χ0) is 6.41. The van der Waals surface area contributed by atoms with Crippen LogP contribution in [-0.2, 0) is 9.53 Å². The summed E-state index contributed by atoms with van der Waals surface area (Å²) in [6.07, 6.45) is 2.82. The fraction of sp³-hybridized carbons (Fsp3) is 0.500. The van der Waals surface area contributed by atoms with Crippen LogP contribution in [0.4, 0.5) is 0 Å². The number of esters is 1. The zero-order valence-electron chi connectivity index (χ0n) is 5.02. The van der Waals surface area contributed by atoms with Crippen molar-refractivity contribution in [3.8, 4) is 0 Å². The predicted molar refractivity (Wildman–Crippen MR) is 30.9 cm³/mol. The Morgan fingerprint density at radius 3 is 2.88 bits per heavy atom. The molecule has 0 N–H and O–H groups in total. The molecule has 2 heteroatoms. The van der Waals surface area contributed by atoms with E-state index in [1.165, 1.54) is 7.11 Å². The molecule has 0 saturated carbocycles. The molecule has 0 saturated heterocycles. The lowest BCUT2D eigenvalue weighted by Gasteiger charge is -1.93. The van der Waals surface area contributed by atoms with E-state index >= 15 is 0 Å².